The third-order valence-corrected chi connectivity index (χ3v) is 3.35. The maximum atomic E-state index is 12.8. The Morgan fingerprint density at radius 2 is 2.04 bits per heavy atom. The Balaban J connectivity index is 1.57. The summed E-state index contributed by atoms with van der Waals surface area (Å²) in [6.45, 7) is 0.196. The van der Waals surface area contributed by atoms with Gasteiger partial charge in [0.15, 0.2) is 0 Å². The summed E-state index contributed by atoms with van der Waals surface area (Å²) in [7, 11) is 0. The molecule has 2 N–H and O–H groups in total. The van der Waals surface area contributed by atoms with Crippen molar-refractivity contribution in [2.75, 3.05) is 18.5 Å². The first-order valence-corrected chi connectivity index (χ1v) is 7.40. The summed E-state index contributed by atoms with van der Waals surface area (Å²) in [4.78, 5) is 16.2. The highest BCUT2D eigenvalue weighted by molar-refractivity contribution is 5.46. The molecule has 3 aromatic rings. The number of aromatic nitrogens is 2. The van der Waals surface area contributed by atoms with Gasteiger partial charge in [0.05, 0.1) is 0 Å². The van der Waals surface area contributed by atoms with Gasteiger partial charge in [0.25, 0.3) is 5.56 Å². The van der Waals surface area contributed by atoms with Crippen LogP contribution in [0.1, 0.15) is 0 Å². The molecule has 1 aromatic carbocycles. The van der Waals surface area contributed by atoms with Gasteiger partial charge in [0, 0.05) is 18.8 Å². The van der Waals surface area contributed by atoms with Crippen LogP contribution in [0.2, 0.25) is 0 Å². The summed E-state index contributed by atoms with van der Waals surface area (Å²) >= 11 is 0. The molecule has 0 radical (unpaired) electrons. The van der Waals surface area contributed by atoms with Crippen LogP contribution in [-0.2, 0) is 0 Å². The Morgan fingerprint density at radius 1 is 1.25 bits per heavy atom. The van der Waals surface area contributed by atoms with Crippen LogP contribution in [0.15, 0.2) is 59.5 Å². The largest absolute Gasteiger partial charge is 0.491 e. The van der Waals surface area contributed by atoms with Gasteiger partial charge in [-0.15, -0.1) is 0 Å². The van der Waals surface area contributed by atoms with Gasteiger partial charge in [-0.2, -0.15) is 0 Å². The minimum absolute atomic E-state index is 0.0329. The van der Waals surface area contributed by atoms with E-state index in [1.165, 1.54) is 34.7 Å². The minimum atomic E-state index is -0.814. The molecule has 0 fully saturated rings. The molecule has 24 heavy (non-hydrogen) atoms. The predicted octanol–water partition coefficient (Wildman–Crippen LogP) is 1.69. The van der Waals surface area contributed by atoms with Crippen molar-refractivity contribution >= 4 is 11.5 Å². The second kappa shape index (κ2) is 7.10. The number of ether oxygens (including phenoxy) is 1. The van der Waals surface area contributed by atoms with E-state index in [0.29, 0.717) is 17.2 Å². The SMILES string of the molecule is O=c1cc(NCC(O)COc2ccc(F)cc2)nc2ccccn12. The number of halogens is 1. The fourth-order valence-corrected chi connectivity index (χ4v) is 2.15. The highest BCUT2D eigenvalue weighted by Crippen LogP contribution is 2.11. The molecule has 1 unspecified atom stereocenters. The zero-order chi connectivity index (χ0) is 16.9. The number of anilines is 1. The molecule has 0 saturated carbocycles. The van der Waals surface area contributed by atoms with E-state index in [2.05, 4.69) is 10.3 Å². The summed E-state index contributed by atoms with van der Waals surface area (Å²) in [6.07, 6.45) is 0.825. The van der Waals surface area contributed by atoms with Gasteiger partial charge < -0.3 is 15.2 Å². The van der Waals surface area contributed by atoms with Crippen LogP contribution in [0.4, 0.5) is 10.2 Å². The quantitative estimate of drug-likeness (QED) is 0.720. The second-order valence-electron chi connectivity index (χ2n) is 5.21. The lowest BCUT2D eigenvalue weighted by Gasteiger charge is -2.14. The Bertz CT molecular complexity index is 880. The maximum Gasteiger partial charge on any atom is 0.259 e. The lowest BCUT2D eigenvalue weighted by atomic mass is 10.3. The van der Waals surface area contributed by atoms with E-state index >= 15 is 0 Å². The Morgan fingerprint density at radius 3 is 2.83 bits per heavy atom. The fourth-order valence-electron chi connectivity index (χ4n) is 2.15. The smallest absolute Gasteiger partial charge is 0.259 e. The summed E-state index contributed by atoms with van der Waals surface area (Å²) in [5, 5.41) is 12.8. The summed E-state index contributed by atoms with van der Waals surface area (Å²) < 4.78 is 19.6. The van der Waals surface area contributed by atoms with Crippen molar-refractivity contribution in [2.45, 2.75) is 6.10 Å². The Kier molecular flexibility index (Phi) is 4.72. The van der Waals surface area contributed by atoms with Crippen LogP contribution < -0.4 is 15.6 Å². The zero-order valence-corrected chi connectivity index (χ0v) is 12.7. The molecule has 0 saturated heterocycles. The minimum Gasteiger partial charge on any atom is -0.491 e. The third-order valence-electron chi connectivity index (χ3n) is 3.35. The number of aliphatic hydroxyl groups is 1. The number of nitrogens with one attached hydrogen (secondary N) is 1. The number of rotatable bonds is 6. The van der Waals surface area contributed by atoms with Crippen LogP contribution >= 0.6 is 0 Å². The van der Waals surface area contributed by atoms with Crippen molar-refractivity contribution in [1.29, 1.82) is 0 Å². The van der Waals surface area contributed by atoms with Crippen molar-refractivity contribution in [3.8, 4) is 5.75 Å². The van der Waals surface area contributed by atoms with Crippen LogP contribution in [0.3, 0.4) is 0 Å². The number of aliphatic hydroxyl groups excluding tert-OH is 1. The third kappa shape index (κ3) is 3.88. The maximum absolute atomic E-state index is 12.8. The number of benzene rings is 1. The first kappa shape index (κ1) is 15.9. The number of nitrogens with zero attached hydrogens (tertiary/aromatic N) is 2. The second-order valence-corrected chi connectivity index (χ2v) is 5.21. The molecule has 0 bridgehead atoms. The predicted molar refractivity (Wildman–Crippen MR) is 87.9 cm³/mol. The average molecular weight is 329 g/mol. The lowest BCUT2D eigenvalue weighted by molar-refractivity contribution is 0.117. The topological polar surface area (TPSA) is 75.9 Å². The van der Waals surface area contributed by atoms with E-state index in [9.17, 15) is 14.3 Å². The molecule has 124 valence electrons. The van der Waals surface area contributed by atoms with E-state index in [-0.39, 0.29) is 24.5 Å². The van der Waals surface area contributed by atoms with Gasteiger partial charge in [0.1, 0.15) is 35.7 Å². The van der Waals surface area contributed by atoms with Crippen molar-refractivity contribution in [3.05, 3.63) is 70.9 Å². The molecule has 0 amide bonds. The van der Waals surface area contributed by atoms with Gasteiger partial charge in [-0.05, 0) is 36.4 Å². The highest BCUT2D eigenvalue weighted by atomic mass is 19.1. The fraction of sp³-hybridized carbons (Fsp3) is 0.176. The molecule has 0 aliphatic carbocycles. The van der Waals surface area contributed by atoms with Crippen LogP contribution in [-0.4, -0.2) is 33.7 Å². The summed E-state index contributed by atoms with van der Waals surface area (Å²) in [6, 6.07) is 12.2. The summed E-state index contributed by atoms with van der Waals surface area (Å²) in [5.41, 5.74) is 0.310. The van der Waals surface area contributed by atoms with Crippen molar-refractivity contribution in [3.63, 3.8) is 0 Å². The first-order valence-electron chi connectivity index (χ1n) is 7.40. The van der Waals surface area contributed by atoms with Gasteiger partial charge in [-0.3, -0.25) is 9.20 Å². The molecule has 0 spiro atoms. The molecule has 0 aliphatic rings. The van der Waals surface area contributed by atoms with Crippen LogP contribution in [0, 0.1) is 5.82 Å². The van der Waals surface area contributed by atoms with Crippen molar-refractivity contribution in [1.82, 2.24) is 9.38 Å². The molecule has 7 heteroatoms. The highest BCUT2D eigenvalue weighted by Gasteiger charge is 2.07. The molecule has 6 nitrogen and oxygen atoms in total. The molecule has 2 heterocycles. The number of fused-ring (bicyclic) bond motifs is 1. The van der Waals surface area contributed by atoms with Gasteiger partial charge >= 0.3 is 0 Å². The number of hydrogen-bond acceptors (Lipinski definition) is 5. The number of pyridine rings is 1. The van der Waals surface area contributed by atoms with E-state index in [0.717, 1.165) is 0 Å². The van der Waals surface area contributed by atoms with Crippen molar-refractivity contribution < 1.29 is 14.2 Å². The monoisotopic (exact) mass is 329 g/mol. The van der Waals surface area contributed by atoms with Gasteiger partial charge in [-0.1, -0.05) is 6.07 Å². The zero-order valence-electron chi connectivity index (χ0n) is 12.7. The first-order chi connectivity index (χ1) is 11.6. The molecule has 2 aromatic heterocycles. The van der Waals surface area contributed by atoms with Gasteiger partial charge in [0.2, 0.25) is 0 Å². The Hall–Kier alpha value is -2.93. The van der Waals surface area contributed by atoms with Crippen molar-refractivity contribution in [2.24, 2.45) is 0 Å². The van der Waals surface area contributed by atoms with E-state index < -0.39 is 6.10 Å². The number of hydrogen-bond donors (Lipinski definition) is 2. The van der Waals surface area contributed by atoms with E-state index in [1.54, 1.807) is 24.4 Å². The molecular formula is C17H16FN3O3. The average Bonchev–Trinajstić information content (AvgIpc) is 2.59. The van der Waals surface area contributed by atoms with Crippen LogP contribution in [0.25, 0.3) is 5.65 Å². The molecule has 0 aliphatic heterocycles. The molecular weight excluding hydrogens is 313 g/mol. The van der Waals surface area contributed by atoms with Crippen LogP contribution in [0.5, 0.6) is 5.75 Å². The van der Waals surface area contributed by atoms with Gasteiger partial charge in [-0.25, -0.2) is 9.37 Å². The van der Waals surface area contributed by atoms with E-state index in [4.69, 9.17) is 4.74 Å². The summed E-state index contributed by atoms with van der Waals surface area (Å²) in [5.74, 6) is 0.503. The Labute approximate surface area is 137 Å². The van der Waals surface area contributed by atoms with E-state index in [1.807, 2.05) is 0 Å². The molecule has 3 rings (SSSR count). The molecule has 1 atom stereocenters. The lowest BCUT2D eigenvalue weighted by Crippen LogP contribution is -2.27. The standard InChI is InChI=1S/C17H16FN3O3/c18-12-4-6-14(7-5-12)24-11-13(22)10-19-15-9-17(23)21-8-2-1-3-16(21)20-15/h1-9,13,19,22H,10-11H2. The normalized spacial score (nSPS) is 12.1.